The molecule has 4 nitrogen and oxygen atoms in total. The maximum atomic E-state index is 13.2. The van der Waals surface area contributed by atoms with E-state index in [9.17, 15) is 14.3 Å². The molecule has 2 saturated heterocycles. The van der Waals surface area contributed by atoms with E-state index in [2.05, 4.69) is 29.2 Å². The zero-order valence-corrected chi connectivity index (χ0v) is 16.9. The van der Waals surface area contributed by atoms with E-state index in [1.807, 2.05) is 11.8 Å². The smallest absolute Gasteiger partial charge is 0.222 e. The van der Waals surface area contributed by atoms with Crippen molar-refractivity contribution in [1.29, 1.82) is 0 Å². The first kappa shape index (κ1) is 20.0. The highest BCUT2D eigenvalue weighted by molar-refractivity contribution is 5.76. The van der Waals surface area contributed by atoms with Gasteiger partial charge in [0.2, 0.25) is 5.91 Å². The van der Waals surface area contributed by atoms with Crippen LogP contribution in [-0.4, -0.2) is 59.1 Å². The number of rotatable bonds is 4. The predicted octanol–water partition coefficient (Wildman–Crippen LogP) is 3.65. The van der Waals surface area contributed by atoms with Gasteiger partial charge in [0.05, 0.1) is 6.61 Å². The number of carbonyl (C=O) groups excluding carboxylic acids is 1. The quantitative estimate of drug-likeness (QED) is 0.858. The lowest BCUT2D eigenvalue weighted by Crippen LogP contribution is -2.67. The molecule has 2 aromatic rings. The van der Waals surface area contributed by atoms with E-state index in [1.54, 1.807) is 12.1 Å². The number of fused-ring (bicyclic) bond motifs is 1. The largest absolute Gasteiger partial charge is 0.395 e. The first-order valence-corrected chi connectivity index (χ1v) is 10.6. The van der Waals surface area contributed by atoms with Gasteiger partial charge in [-0.05, 0) is 48.2 Å². The molecule has 29 heavy (non-hydrogen) atoms. The molecule has 0 aliphatic carbocycles. The number of carbonyl (C=O) groups is 1. The zero-order valence-electron chi connectivity index (χ0n) is 16.9. The normalized spacial score (nSPS) is 24.9. The zero-order chi connectivity index (χ0) is 20.4. The molecule has 0 aromatic heterocycles. The number of nitrogens with zero attached hydrogens (tertiary/aromatic N) is 2. The van der Waals surface area contributed by atoms with Crippen molar-refractivity contribution in [1.82, 2.24) is 9.80 Å². The van der Waals surface area contributed by atoms with Crippen LogP contribution in [0.2, 0.25) is 0 Å². The molecule has 1 amide bonds. The number of hydrogen-bond acceptors (Lipinski definition) is 3. The lowest BCUT2D eigenvalue weighted by Gasteiger charge is -2.57. The van der Waals surface area contributed by atoms with Crippen LogP contribution in [0.4, 0.5) is 4.39 Å². The van der Waals surface area contributed by atoms with Gasteiger partial charge in [0, 0.05) is 37.5 Å². The molecular weight excluding hydrogens is 367 g/mol. The van der Waals surface area contributed by atoms with Crippen LogP contribution in [0.5, 0.6) is 0 Å². The summed E-state index contributed by atoms with van der Waals surface area (Å²) in [5.41, 5.74) is 3.23. The monoisotopic (exact) mass is 396 g/mol. The Balaban J connectivity index is 1.57. The summed E-state index contributed by atoms with van der Waals surface area (Å²) < 4.78 is 13.2. The van der Waals surface area contributed by atoms with Crippen molar-refractivity contribution in [3.05, 3.63) is 59.9 Å². The molecule has 2 fully saturated rings. The van der Waals surface area contributed by atoms with Crippen LogP contribution in [0.3, 0.4) is 0 Å². The molecule has 2 aromatic carbocycles. The number of aliphatic hydroxyl groups is 1. The number of aliphatic hydroxyl groups excluding tert-OH is 1. The Bertz CT molecular complexity index is 837. The molecule has 0 radical (unpaired) electrons. The molecule has 0 spiro atoms. The second-order valence-electron chi connectivity index (χ2n) is 8.11. The van der Waals surface area contributed by atoms with Gasteiger partial charge in [0.25, 0.3) is 0 Å². The summed E-state index contributed by atoms with van der Waals surface area (Å²) in [4.78, 5) is 16.7. The summed E-state index contributed by atoms with van der Waals surface area (Å²) in [6.45, 7) is 4.59. The van der Waals surface area contributed by atoms with Crippen molar-refractivity contribution >= 4 is 5.91 Å². The number of hydrogen-bond donors (Lipinski definition) is 1. The van der Waals surface area contributed by atoms with Gasteiger partial charge in [-0.2, -0.15) is 0 Å². The molecule has 0 bridgehead atoms. The van der Waals surface area contributed by atoms with Crippen molar-refractivity contribution in [2.45, 2.75) is 44.2 Å². The fourth-order valence-electron chi connectivity index (χ4n) is 4.93. The van der Waals surface area contributed by atoms with Gasteiger partial charge in [-0.1, -0.05) is 43.3 Å². The fourth-order valence-corrected chi connectivity index (χ4v) is 4.93. The standard InChI is InChI=1S/C24H29FN2O2/c1-2-23(29)26-13-3-4-14-27-21(15-26)24(22(27)16-28)19-7-5-17(6-8-19)18-9-11-20(25)12-10-18/h5-12,21-22,24,28H,2-4,13-16H2,1H3/t21-,22+,24-/m1/s1. The Morgan fingerprint density at radius 3 is 2.28 bits per heavy atom. The first-order valence-electron chi connectivity index (χ1n) is 10.6. The molecule has 5 heteroatoms. The number of amides is 1. The summed E-state index contributed by atoms with van der Waals surface area (Å²) in [7, 11) is 0. The Morgan fingerprint density at radius 2 is 1.66 bits per heavy atom. The molecule has 0 unspecified atom stereocenters. The van der Waals surface area contributed by atoms with E-state index in [4.69, 9.17) is 0 Å². The minimum absolute atomic E-state index is 0.105. The van der Waals surface area contributed by atoms with Crippen LogP contribution in [0.1, 0.15) is 37.7 Å². The average Bonchev–Trinajstić information content (AvgIpc) is 2.73. The van der Waals surface area contributed by atoms with Gasteiger partial charge >= 0.3 is 0 Å². The maximum Gasteiger partial charge on any atom is 0.222 e. The third-order valence-corrected chi connectivity index (χ3v) is 6.50. The molecule has 4 rings (SSSR count). The summed E-state index contributed by atoms with van der Waals surface area (Å²) in [5.74, 6) is 0.193. The Labute approximate surface area is 171 Å². The molecule has 0 saturated carbocycles. The summed E-state index contributed by atoms with van der Waals surface area (Å²) in [6.07, 6.45) is 2.61. The summed E-state index contributed by atoms with van der Waals surface area (Å²) >= 11 is 0. The van der Waals surface area contributed by atoms with E-state index in [-0.39, 0.29) is 36.3 Å². The van der Waals surface area contributed by atoms with E-state index in [0.717, 1.165) is 43.6 Å². The molecular formula is C24H29FN2O2. The van der Waals surface area contributed by atoms with Crippen molar-refractivity contribution < 1.29 is 14.3 Å². The lowest BCUT2D eigenvalue weighted by molar-refractivity contribution is -0.136. The van der Waals surface area contributed by atoms with Crippen LogP contribution in [0.25, 0.3) is 11.1 Å². The van der Waals surface area contributed by atoms with Crippen LogP contribution >= 0.6 is 0 Å². The topological polar surface area (TPSA) is 43.8 Å². The summed E-state index contributed by atoms with van der Waals surface area (Å²) in [5, 5.41) is 10.0. The second kappa shape index (κ2) is 8.64. The van der Waals surface area contributed by atoms with Gasteiger partial charge in [-0.15, -0.1) is 0 Å². The highest BCUT2D eigenvalue weighted by Crippen LogP contribution is 2.42. The van der Waals surface area contributed by atoms with Gasteiger partial charge in [0.15, 0.2) is 0 Å². The molecule has 2 heterocycles. The Kier molecular flexibility index (Phi) is 5.97. The van der Waals surface area contributed by atoms with Crippen molar-refractivity contribution in [3.63, 3.8) is 0 Å². The van der Waals surface area contributed by atoms with E-state index in [0.29, 0.717) is 6.42 Å². The molecule has 1 N–H and O–H groups in total. The van der Waals surface area contributed by atoms with Crippen molar-refractivity contribution in [2.24, 2.45) is 0 Å². The molecule has 154 valence electrons. The molecule has 2 aliphatic rings. The average molecular weight is 397 g/mol. The van der Waals surface area contributed by atoms with E-state index >= 15 is 0 Å². The third-order valence-electron chi connectivity index (χ3n) is 6.50. The van der Waals surface area contributed by atoms with Gasteiger partial charge in [-0.25, -0.2) is 4.39 Å². The Hall–Kier alpha value is -2.24. The van der Waals surface area contributed by atoms with Gasteiger partial charge < -0.3 is 10.0 Å². The lowest BCUT2D eigenvalue weighted by atomic mass is 9.74. The van der Waals surface area contributed by atoms with Crippen molar-refractivity contribution in [2.75, 3.05) is 26.2 Å². The van der Waals surface area contributed by atoms with Crippen LogP contribution < -0.4 is 0 Å². The minimum atomic E-state index is -0.235. The highest BCUT2D eigenvalue weighted by atomic mass is 19.1. The SMILES string of the molecule is CCC(=O)N1CCCCN2[C@H](C1)[C@@H](c1ccc(-c3ccc(F)cc3)cc1)[C@@H]2CO. The number of benzene rings is 2. The highest BCUT2D eigenvalue weighted by Gasteiger charge is 2.49. The van der Waals surface area contributed by atoms with Crippen LogP contribution in [0.15, 0.2) is 48.5 Å². The maximum absolute atomic E-state index is 13.2. The van der Waals surface area contributed by atoms with Gasteiger partial charge in [0.1, 0.15) is 5.82 Å². The minimum Gasteiger partial charge on any atom is -0.395 e. The second-order valence-corrected chi connectivity index (χ2v) is 8.11. The molecule has 2 aliphatic heterocycles. The van der Waals surface area contributed by atoms with E-state index in [1.165, 1.54) is 17.7 Å². The number of halogens is 1. The van der Waals surface area contributed by atoms with Crippen LogP contribution in [0, 0.1) is 5.82 Å². The third kappa shape index (κ3) is 3.94. The predicted molar refractivity (Wildman–Crippen MR) is 112 cm³/mol. The summed E-state index contributed by atoms with van der Waals surface area (Å²) in [6, 6.07) is 15.3. The van der Waals surface area contributed by atoms with Crippen molar-refractivity contribution in [3.8, 4) is 11.1 Å². The van der Waals surface area contributed by atoms with E-state index < -0.39 is 0 Å². The molecule has 3 atom stereocenters. The fraction of sp³-hybridized carbons (Fsp3) is 0.458. The Morgan fingerprint density at radius 1 is 1.03 bits per heavy atom. The van der Waals surface area contributed by atoms with Gasteiger partial charge in [-0.3, -0.25) is 9.69 Å². The van der Waals surface area contributed by atoms with Crippen LogP contribution in [-0.2, 0) is 4.79 Å². The first-order chi connectivity index (χ1) is 14.1.